The van der Waals surface area contributed by atoms with Gasteiger partial charge in [0.2, 0.25) is 11.8 Å². The zero-order valence-corrected chi connectivity index (χ0v) is 14.2. The van der Waals surface area contributed by atoms with E-state index in [0.717, 1.165) is 11.1 Å². The van der Waals surface area contributed by atoms with Gasteiger partial charge in [-0.1, -0.05) is 42.5 Å². The topological polar surface area (TPSA) is 49.4 Å². The predicted octanol–water partition coefficient (Wildman–Crippen LogP) is 2.80. The van der Waals surface area contributed by atoms with E-state index in [4.69, 9.17) is 0 Å². The maximum absolute atomic E-state index is 13.3. The molecule has 1 aliphatic rings. The van der Waals surface area contributed by atoms with Gasteiger partial charge in [0.25, 0.3) is 0 Å². The van der Waals surface area contributed by atoms with Crippen LogP contribution in [0.1, 0.15) is 23.1 Å². The fourth-order valence-electron chi connectivity index (χ4n) is 3.05. The number of aryl methyl sites for hydroxylation is 1. The Bertz CT molecular complexity index is 777. The summed E-state index contributed by atoms with van der Waals surface area (Å²) in [6.07, 6.45) is 0.237. The average molecular weight is 340 g/mol. The highest BCUT2D eigenvalue weighted by molar-refractivity contribution is 5.89. The second-order valence-corrected chi connectivity index (χ2v) is 6.46. The van der Waals surface area contributed by atoms with Crippen molar-refractivity contribution in [1.29, 1.82) is 0 Å². The predicted molar refractivity (Wildman–Crippen MR) is 92.9 cm³/mol. The number of likely N-dealkylation sites (tertiary alicyclic amines) is 1. The van der Waals surface area contributed by atoms with E-state index in [9.17, 15) is 14.0 Å². The van der Waals surface area contributed by atoms with Crippen molar-refractivity contribution in [1.82, 2.24) is 10.2 Å². The minimum Gasteiger partial charge on any atom is -0.352 e. The number of amides is 2. The van der Waals surface area contributed by atoms with E-state index < -0.39 is 0 Å². The first-order chi connectivity index (χ1) is 12.0. The van der Waals surface area contributed by atoms with Crippen LogP contribution in [0, 0.1) is 18.7 Å². The maximum atomic E-state index is 13.3. The molecule has 0 radical (unpaired) electrons. The third-order valence-corrected chi connectivity index (χ3v) is 4.49. The van der Waals surface area contributed by atoms with Gasteiger partial charge in [0.1, 0.15) is 5.82 Å². The van der Waals surface area contributed by atoms with E-state index in [1.54, 1.807) is 24.0 Å². The third kappa shape index (κ3) is 4.24. The Morgan fingerprint density at radius 2 is 1.96 bits per heavy atom. The number of hydrogen-bond acceptors (Lipinski definition) is 2. The third-order valence-electron chi connectivity index (χ3n) is 4.49. The Morgan fingerprint density at radius 3 is 2.68 bits per heavy atom. The van der Waals surface area contributed by atoms with E-state index >= 15 is 0 Å². The lowest BCUT2D eigenvalue weighted by Gasteiger charge is -2.16. The smallest absolute Gasteiger partial charge is 0.225 e. The summed E-state index contributed by atoms with van der Waals surface area (Å²) in [4.78, 5) is 26.2. The molecular formula is C20H21FN2O2. The molecule has 5 heteroatoms. The van der Waals surface area contributed by atoms with E-state index in [1.807, 2.05) is 30.3 Å². The SMILES string of the molecule is Cc1cc(CNC(=O)C2CC(=O)N(Cc3ccccc3)C2)ccc1F. The lowest BCUT2D eigenvalue weighted by Crippen LogP contribution is -2.32. The van der Waals surface area contributed by atoms with Crippen molar-refractivity contribution in [2.24, 2.45) is 5.92 Å². The summed E-state index contributed by atoms with van der Waals surface area (Å²) in [5.74, 6) is -0.724. The molecule has 1 heterocycles. The first-order valence-corrected chi connectivity index (χ1v) is 8.37. The van der Waals surface area contributed by atoms with Crippen molar-refractivity contribution >= 4 is 11.8 Å². The molecule has 0 spiro atoms. The number of nitrogens with zero attached hydrogens (tertiary/aromatic N) is 1. The number of carbonyl (C=O) groups is 2. The van der Waals surface area contributed by atoms with Crippen LogP contribution >= 0.6 is 0 Å². The number of rotatable bonds is 5. The highest BCUT2D eigenvalue weighted by atomic mass is 19.1. The number of halogens is 1. The maximum Gasteiger partial charge on any atom is 0.225 e. The fraction of sp³-hybridized carbons (Fsp3) is 0.300. The summed E-state index contributed by atoms with van der Waals surface area (Å²) >= 11 is 0. The van der Waals surface area contributed by atoms with Gasteiger partial charge in [0, 0.05) is 26.1 Å². The van der Waals surface area contributed by atoms with Gasteiger partial charge in [-0.05, 0) is 29.7 Å². The zero-order valence-electron chi connectivity index (χ0n) is 14.2. The highest BCUT2D eigenvalue weighted by Gasteiger charge is 2.34. The Morgan fingerprint density at radius 1 is 1.20 bits per heavy atom. The van der Waals surface area contributed by atoms with Crippen molar-refractivity contribution in [2.75, 3.05) is 6.54 Å². The Labute approximate surface area is 146 Å². The summed E-state index contributed by atoms with van der Waals surface area (Å²) in [5.41, 5.74) is 2.45. The number of hydrogen-bond donors (Lipinski definition) is 1. The minimum absolute atomic E-state index is 0.00151. The van der Waals surface area contributed by atoms with Crippen LogP contribution in [0.3, 0.4) is 0 Å². The van der Waals surface area contributed by atoms with Crippen LogP contribution in [-0.4, -0.2) is 23.3 Å². The van der Waals surface area contributed by atoms with Crippen molar-refractivity contribution in [3.05, 3.63) is 71.0 Å². The number of nitrogens with one attached hydrogen (secondary N) is 1. The molecule has 2 amide bonds. The van der Waals surface area contributed by atoms with Crippen molar-refractivity contribution in [3.8, 4) is 0 Å². The van der Waals surface area contributed by atoms with Crippen LogP contribution in [0.4, 0.5) is 4.39 Å². The highest BCUT2D eigenvalue weighted by Crippen LogP contribution is 2.20. The molecular weight excluding hydrogens is 319 g/mol. The minimum atomic E-state index is -0.335. The van der Waals surface area contributed by atoms with Crippen molar-refractivity contribution < 1.29 is 14.0 Å². The summed E-state index contributed by atoms with van der Waals surface area (Å²) in [6, 6.07) is 14.5. The van der Waals surface area contributed by atoms with E-state index in [-0.39, 0.29) is 30.0 Å². The van der Waals surface area contributed by atoms with Gasteiger partial charge >= 0.3 is 0 Å². The molecule has 0 aliphatic carbocycles. The van der Waals surface area contributed by atoms with Gasteiger partial charge in [-0.2, -0.15) is 0 Å². The molecule has 0 aromatic heterocycles. The molecule has 0 bridgehead atoms. The molecule has 1 aliphatic heterocycles. The monoisotopic (exact) mass is 340 g/mol. The molecule has 1 unspecified atom stereocenters. The number of carbonyl (C=O) groups excluding carboxylic acids is 2. The van der Waals surface area contributed by atoms with E-state index in [1.165, 1.54) is 6.07 Å². The number of benzene rings is 2. The molecule has 0 saturated carbocycles. The molecule has 1 atom stereocenters. The van der Waals surface area contributed by atoms with E-state index in [2.05, 4.69) is 5.32 Å². The molecule has 1 saturated heterocycles. The largest absolute Gasteiger partial charge is 0.352 e. The Balaban J connectivity index is 1.54. The summed E-state index contributed by atoms with van der Waals surface area (Å²) in [5, 5.41) is 2.85. The van der Waals surface area contributed by atoms with Crippen LogP contribution in [0.2, 0.25) is 0 Å². The van der Waals surface area contributed by atoms with Crippen LogP contribution < -0.4 is 5.32 Å². The van der Waals surface area contributed by atoms with Gasteiger partial charge in [-0.25, -0.2) is 4.39 Å². The molecule has 4 nitrogen and oxygen atoms in total. The van der Waals surface area contributed by atoms with Crippen molar-refractivity contribution in [2.45, 2.75) is 26.4 Å². The molecule has 1 N–H and O–H groups in total. The van der Waals surface area contributed by atoms with Gasteiger partial charge in [0.05, 0.1) is 5.92 Å². The van der Waals surface area contributed by atoms with Gasteiger partial charge in [-0.15, -0.1) is 0 Å². The quantitative estimate of drug-likeness (QED) is 0.910. The molecule has 130 valence electrons. The van der Waals surface area contributed by atoms with Crippen LogP contribution in [0.25, 0.3) is 0 Å². The molecule has 3 rings (SSSR count). The van der Waals surface area contributed by atoms with Crippen molar-refractivity contribution in [3.63, 3.8) is 0 Å². The van der Waals surface area contributed by atoms with Gasteiger partial charge < -0.3 is 10.2 Å². The second-order valence-electron chi connectivity index (χ2n) is 6.46. The lowest BCUT2D eigenvalue weighted by molar-refractivity contribution is -0.129. The second kappa shape index (κ2) is 7.47. The first kappa shape index (κ1) is 17.1. The van der Waals surface area contributed by atoms with Crippen LogP contribution in [0.15, 0.2) is 48.5 Å². The summed E-state index contributed by atoms with van der Waals surface area (Å²) < 4.78 is 13.3. The molecule has 25 heavy (non-hydrogen) atoms. The lowest BCUT2D eigenvalue weighted by atomic mass is 10.1. The molecule has 2 aromatic rings. The first-order valence-electron chi connectivity index (χ1n) is 8.37. The summed E-state index contributed by atoms with van der Waals surface area (Å²) in [7, 11) is 0. The standard InChI is InChI=1S/C20H21FN2O2/c1-14-9-16(7-8-18(14)21)11-22-20(25)17-10-19(24)23(13-17)12-15-5-3-2-4-6-15/h2-9,17H,10-13H2,1H3,(H,22,25). The fourth-order valence-corrected chi connectivity index (χ4v) is 3.05. The van der Waals surface area contributed by atoms with Gasteiger partial charge in [-0.3, -0.25) is 9.59 Å². The summed E-state index contributed by atoms with van der Waals surface area (Å²) in [6.45, 7) is 2.99. The Kier molecular flexibility index (Phi) is 5.12. The Hall–Kier alpha value is -2.69. The zero-order chi connectivity index (χ0) is 17.8. The van der Waals surface area contributed by atoms with Gasteiger partial charge in [0.15, 0.2) is 0 Å². The average Bonchev–Trinajstić information content (AvgIpc) is 2.97. The van der Waals surface area contributed by atoms with Crippen LogP contribution in [-0.2, 0) is 22.7 Å². The molecule has 2 aromatic carbocycles. The van der Waals surface area contributed by atoms with Crippen LogP contribution in [0.5, 0.6) is 0 Å². The van der Waals surface area contributed by atoms with E-state index in [0.29, 0.717) is 25.2 Å². The normalized spacial score (nSPS) is 17.0. The molecule has 1 fully saturated rings.